The third-order valence-electron chi connectivity index (χ3n) is 6.00. The van der Waals surface area contributed by atoms with Crippen LogP contribution in [-0.4, -0.2) is 44.2 Å². The largest absolute Gasteiger partial charge is 0.507 e. The normalized spacial score (nSPS) is 16.7. The fourth-order valence-corrected chi connectivity index (χ4v) is 5.89. The fourth-order valence-electron chi connectivity index (χ4n) is 4.06. The summed E-state index contributed by atoms with van der Waals surface area (Å²) in [6, 6.07) is 14.7. The van der Waals surface area contributed by atoms with Crippen molar-refractivity contribution in [1.29, 1.82) is 0 Å². The van der Waals surface area contributed by atoms with Gasteiger partial charge >= 0.3 is 5.91 Å². The molecular weight excluding hydrogens is 524 g/mol. The van der Waals surface area contributed by atoms with Gasteiger partial charge in [-0.25, -0.2) is 0 Å². The summed E-state index contributed by atoms with van der Waals surface area (Å²) >= 11 is 2.65. The number of benzene rings is 2. The SMILES string of the molecule is COc1cc(C2C(=C(O)c3ccncc3)C(=O)C(=O)N2c2nnc(SCc3ccc(C)cc3)s2)ccc1O. The minimum absolute atomic E-state index is 0.104. The summed E-state index contributed by atoms with van der Waals surface area (Å²) in [6.45, 7) is 2.03. The summed E-state index contributed by atoms with van der Waals surface area (Å²) in [4.78, 5) is 31.8. The number of rotatable bonds is 7. The summed E-state index contributed by atoms with van der Waals surface area (Å²) in [5, 5.41) is 29.9. The van der Waals surface area contributed by atoms with E-state index in [1.54, 1.807) is 18.2 Å². The van der Waals surface area contributed by atoms with Crippen molar-refractivity contribution < 1.29 is 24.5 Å². The van der Waals surface area contributed by atoms with E-state index in [0.717, 1.165) is 5.56 Å². The molecule has 0 saturated carbocycles. The molecule has 1 aliphatic heterocycles. The molecule has 0 aliphatic carbocycles. The molecule has 9 nitrogen and oxygen atoms in total. The Morgan fingerprint density at radius 3 is 2.53 bits per heavy atom. The number of ketones is 1. The molecule has 192 valence electrons. The number of thioether (sulfide) groups is 1. The molecule has 0 bridgehead atoms. The summed E-state index contributed by atoms with van der Waals surface area (Å²) in [5.74, 6) is -1.33. The van der Waals surface area contributed by atoms with E-state index in [9.17, 15) is 19.8 Å². The van der Waals surface area contributed by atoms with Crippen LogP contribution in [0.3, 0.4) is 0 Å². The predicted octanol–water partition coefficient (Wildman–Crippen LogP) is 4.87. The number of nitrogens with zero attached hydrogens (tertiary/aromatic N) is 4. The lowest BCUT2D eigenvalue weighted by atomic mass is 9.95. The standard InChI is InChI=1S/C27H22N4O5S2/c1-15-3-5-16(6-4-15)14-37-27-30-29-26(38-27)31-22(18-7-8-19(32)20(13-18)36-2)21(24(34)25(31)35)23(33)17-9-11-28-12-10-17/h3-13,22,32-33H,14H2,1-2H3. The Morgan fingerprint density at radius 2 is 1.82 bits per heavy atom. The van der Waals surface area contributed by atoms with Crippen LogP contribution in [0.15, 0.2) is 76.9 Å². The van der Waals surface area contributed by atoms with E-state index >= 15 is 0 Å². The molecule has 2 aromatic carbocycles. The molecule has 4 aromatic rings. The highest BCUT2D eigenvalue weighted by Gasteiger charge is 2.48. The van der Waals surface area contributed by atoms with E-state index < -0.39 is 17.7 Å². The van der Waals surface area contributed by atoms with Crippen LogP contribution >= 0.6 is 23.1 Å². The minimum Gasteiger partial charge on any atom is -0.507 e. The third-order valence-corrected chi connectivity index (χ3v) is 8.13. The lowest BCUT2D eigenvalue weighted by Crippen LogP contribution is -2.29. The fraction of sp³-hybridized carbons (Fsp3) is 0.148. The maximum Gasteiger partial charge on any atom is 0.301 e. The molecule has 2 N–H and O–H groups in total. The predicted molar refractivity (Wildman–Crippen MR) is 144 cm³/mol. The third kappa shape index (κ3) is 4.85. The van der Waals surface area contributed by atoms with Crippen LogP contribution < -0.4 is 9.64 Å². The van der Waals surface area contributed by atoms with Gasteiger partial charge in [0.15, 0.2) is 15.8 Å². The van der Waals surface area contributed by atoms with Gasteiger partial charge in [0.25, 0.3) is 5.78 Å². The summed E-state index contributed by atoms with van der Waals surface area (Å²) in [5.41, 5.74) is 2.95. The number of phenolic OH excluding ortho intramolecular Hbond substituents is 1. The monoisotopic (exact) mass is 546 g/mol. The number of aliphatic hydroxyl groups excluding tert-OH is 1. The Balaban J connectivity index is 1.56. The van der Waals surface area contributed by atoms with Crippen molar-refractivity contribution in [3.63, 3.8) is 0 Å². The summed E-state index contributed by atoms with van der Waals surface area (Å²) in [6.07, 6.45) is 2.96. The van der Waals surface area contributed by atoms with E-state index in [-0.39, 0.29) is 28.0 Å². The Bertz CT molecular complexity index is 1540. The zero-order valence-electron chi connectivity index (χ0n) is 20.4. The molecule has 2 aromatic heterocycles. The number of ether oxygens (including phenoxy) is 1. The van der Waals surface area contributed by atoms with Crippen LogP contribution in [0, 0.1) is 6.92 Å². The first kappa shape index (κ1) is 25.4. The van der Waals surface area contributed by atoms with Gasteiger partial charge in [-0.05, 0) is 42.3 Å². The topological polar surface area (TPSA) is 126 Å². The maximum absolute atomic E-state index is 13.3. The van der Waals surface area contributed by atoms with Gasteiger partial charge < -0.3 is 14.9 Å². The van der Waals surface area contributed by atoms with Gasteiger partial charge in [-0.3, -0.25) is 19.5 Å². The van der Waals surface area contributed by atoms with Gasteiger partial charge in [0.2, 0.25) is 5.13 Å². The van der Waals surface area contributed by atoms with E-state index in [4.69, 9.17) is 4.74 Å². The molecule has 38 heavy (non-hydrogen) atoms. The van der Waals surface area contributed by atoms with E-state index in [1.165, 1.54) is 65.2 Å². The number of aliphatic hydroxyl groups is 1. The highest BCUT2D eigenvalue weighted by Crippen LogP contribution is 2.45. The van der Waals surface area contributed by atoms with Crippen LogP contribution in [0.1, 0.15) is 28.3 Å². The second-order valence-corrected chi connectivity index (χ2v) is 10.6. The van der Waals surface area contributed by atoms with Gasteiger partial charge in [0.05, 0.1) is 18.7 Å². The number of hydrogen-bond donors (Lipinski definition) is 2. The Labute approximate surface area is 226 Å². The first-order valence-electron chi connectivity index (χ1n) is 11.5. The molecule has 0 spiro atoms. The highest BCUT2D eigenvalue weighted by atomic mass is 32.2. The summed E-state index contributed by atoms with van der Waals surface area (Å²) < 4.78 is 5.88. The van der Waals surface area contributed by atoms with Gasteiger partial charge in [-0.2, -0.15) is 0 Å². The first-order valence-corrected chi connectivity index (χ1v) is 13.3. The number of carbonyl (C=O) groups is 2. The second-order valence-electron chi connectivity index (χ2n) is 8.46. The Hall–Kier alpha value is -4.22. The Kier molecular flexibility index (Phi) is 7.12. The number of methoxy groups -OCH3 is 1. The van der Waals surface area contributed by atoms with Crippen LogP contribution in [0.2, 0.25) is 0 Å². The average Bonchev–Trinajstić information content (AvgIpc) is 3.50. The van der Waals surface area contributed by atoms with Gasteiger partial charge in [-0.15, -0.1) is 10.2 Å². The van der Waals surface area contributed by atoms with Crippen LogP contribution in [0.5, 0.6) is 11.5 Å². The molecule has 5 rings (SSSR count). The zero-order chi connectivity index (χ0) is 26.8. The lowest BCUT2D eigenvalue weighted by Gasteiger charge is -2.23. The number of Topliss-reactive ketones (excluding diaryl/α,β-unsaturated/α-hetero) is 1. The average molecular weight is 547 g/mol. The van der Waals surface area contributed by atoms with E-state index in [2.05, 4.69) is 15.2 Å². The molecule has 1 saturated heterocycles. The molecular formula is C27H22N4O5S2. The lowest BCUT2D eigenvalue weighted by molar-refractivity contribution is -0.132. The van der Waals surface area contributed by atoms with Gasteiger partial charge in [-0.1, -0.05) is 59.0 Å². The van der Waals surface area contributed by atoms with E-state index in [0.29, 0.717) is 21.2 Å². The maximum atomic E-state index is 13.3. The number of pyridine rings is 1. The number of amides is 1. The van der Waals surface area contributed by atoms with Crippen LogP contribution in [-0.2, 0) is 15.3 Å². The molecule has 1 fully saturated rings. The quantitative estimate of drug-likeness (QED) is 0.110. The number of hydrogen-bond acceptors (Lipinski definition) is 10. The molecule has 3 heterocycles. The van der Waals surface area contributed by atoms with Gasteiger partial charge in [0.1, 0.15) is 5.76 Å². The molecule has 1 amide bonds. The van der Waals surface area contributed by atoms with Gasteiger partial charge in [0, 0.05) is 23.7 Å². The molecule has 1 unspecified atom stereocenters. The molecule has 1 aliphatic rings. The number of aromatic nitrogens is 3. The minimum atomic E-state index is -1.03. The number of anilines is 1. The molecule has 11 heteroatoms. The second kappa shape index (κ2) is 10.6. The number of aromatic hydroxyl groups is 1. The summed E-state index contributed by atoms with van der Waals surface area (Å²) in [7, 11) is 1.40. The number of carbonyl (C=O) groups excluding carboxylic acids is 2. The van der Waals surface area contributed by atoms with Crippen molar-refractivity contribution in [2.75, 3.05) is 12.0 Å². The van der Waals surface area contributed by atoms with Crippen molar-refractivity contribution in [3.05, 3.63) is 94.8 Å². The van der Waals surface area contributed by atoms with Crippen molar-refractivity contribution in [1.82, 2.24) is 15.2 Å². The first-order chi connectivity index (χ1) is 18.4. The van der Waals surface area contributed by atoms with Crippen molar-refractivity contribution in [2.24, 2.45) is 0 Å². The number of aryl methyl sites for hydroxylation is 1. The highest BCUT2D eigenvalue weighted by molar-refractivity contribution is 8.00. The van der Waals surface area contributed by atoms with Crippen LogP contribution in [0.25, 0.3) is 5.76 Å². The zero-order valence-corrected chi connectivity index (χ0v) is 22.0. The van der Waals surface area contributed by atoms with Crippen molar-refractivity contribution >= 4 is 45.7 Å². The number of phenols is 1. The van der Waals surface area contributed by atoms with Crippen molar-refractivity contribution in [3.8, 4) is 11.5 Å². The van der Waals surface area contributed by atoms with Crippen LogP contribution in [0.4, 0.5) is 5.13 Å². The smallest absolute Gasteiger partial charge is 0.301 e. The molecule has 0 radical (unpaired) electrons. The molecule has 1 atom stereocenters. The van der Waals surface area contributed by atoms with Crippen molar-refractivity contribution in [2.45, 2.75) is 23.1 Å². The Morgan fingerprint density at radius 1 is 1.08 bits per heavy atom. The van der Waals surface area contributed by atoms with E-state index in [1.807, 2.05) is 31.2 Å².